The number of rotatable bonds is 50. The summed E-state index contributed by atoms with van der Waals surface area (Å²) in [4.78, 5) is 38.2. The van der Waals surface area contributed by atoms with Gasteiger partial charge < -0.3 is 14.2 Å². The summed E-state index contributed by atoms with van der Waals surface area (Å²) in [5, 5.41) is 0. The molecule has 0 aromatic rings. The molecule has 6 nitrogen and oxygen atoms in total. The molecule has 0 N–H and O–H groups in total. The molecule has 1 atom stereocenters. The summed E-state index contributed by atoms with van der Waals surface area (Å²) >= 11 is 0. The van der Waals surface area contributed by atoms with Crippen LogP contribution >= 0.6 is 0 Å². The van der Waals surface area contributed by atoms with Crippen molar-refractivity contribution in [1.82, 2.24) is 0 Å². The van der Waals surface area contributed by atoms with Gasteiger partial charge in [0, 0.05) is 19.3 Å². The summed E-state index contributed by atoms with van der Waals surface area (Å²) in [6.07, 6.45) is 81.4. The SMILES string of the molecule is CC/C=C\C/C=C\C/C=C\C/C=C\C/C=C\CCCCCC(=O)OC[C@@H](COC(=O)CCCCCC/C=C\C/C=C\C/C=C\CCCCC)OC(=O)CCCCCC/C=C\C/C=C\C/C=C\CCCCC. The van der Waals surface area contributed by atoms with Crippen molar-refractivity contribution in [3.63, 3.8) is 0 Å². The molecule has 0 heterocycles. The van der Waals surface area contributed by atoms with Gasteiger partial charge in [0.05, 0.1) is 0 Å². The zero-order valence-corrected chi connectivity index (χ0v) is 45.7. The van der Waals surface area contributed by atoms with Crippen molar-refractivity contribution >= 4 is 17.9 Å². The van der Waals surface area contributed by atoms with E-state index in [4.69, 9.17) is 14.2 Å². The Hall–Kier alpha value is -4.45. The van der Waals surface area contributed by atoms with Gasteiger partial charge in [-0.2, -0.15) is 0 Å². The molecular formula is C65H104O6. The standard InChI is InChI=1S/C65H104O6/c1-4-7-10-13-16-19-22-25-28-31-32-35-37-40-43-46-49-52-55-58-64(67)70-61-62(71-65(68)59-56-53-50-47-44-41-38-34-30-27-24-21-18-15-12-9-6-3)60-69-63(66)57-54-51-48-45-42-39-36-33-29-26-23-20-17-14-11-8-5-2/h7,10,16-21,25-30,32,35-36,38-41,43,62H,4-6,8-9,11-15,22-24,31,33-34,37,42,44-61H2,1-3H3/b10-7-,19-16-,20-17-,21-18-,28-25-,29-26-,30-27-,35-32-,39-36-,41-38-,43-40-/t62-/m1/s1. The molecular weight excluding hydrogens is 877 g/mol. The van der Waals surface area contributed by atoms with Gasteiger partial charge in [-0.3, -0.25) is 14.4 Å². The van der Waals surface area contributed by atoms with Crippen LogP contribution in [0.4, 0.5) is 0 Å². The van der Waals surface area contributed by atoms with E-state index in [0.717, 1.165) is 148 Å². The number of ether oxygens (including phenoxy) is 3. The van der Waals surface area contributed by atoms with Crippen molar-refractivity contribution in [2.24, 2.45) is 0 Å². The Labute approximate surface area is 436 Å². The molecule has 0 amide bonds. The molecule has 0 aliphatic heterocycles. The van der Waals surface area contributed by atoms with E-state index in [1.807, 2.05) is 0 Å². The Balaban J connectivity index is 4.56. The molecule has 6 heteroatoms. The van der Waals surface area contributed by atoms with Crippen molar-refractivity contribution in [1.29, 1.82) is 0 Å². The molecule has 0 aliphatic carbocycles. The van der Waals surface area contributed by atoms with Gasteiger partial charge in [-0.25, -0.2) is 0 Å². The molecule has 0 unspecified atom stereocenters. The molecule has 0 rings (SSSR count). The molecule has 0 saturated heterocycles. The van der Waals surface area contributed by atoms with Crippen molar-refractivity contribution < 1.29 is 28.6 Å². The molecule has 0 aliphatic rings. The van der Waals surface area contributed by atoms with Gasteiger partial charge in [-0.15, -0.1) is 0 Å². The van der Waals surface area contributed by atoms with E-state index in [-0.39, 0.29) is 37.5 Å². The van der Waals surface area contributed by atoms with E-state index in [1.165, 1.54) is 51.4 Å². The van der Waals surface area contributed by atoms with Gasteiger partial charge in [0.25, 0.3) is 0 Å². The third kappa shape index (κ3) is 56.3. The molecule has 400 valence electrons. The average Bonchev–Trinajstić information content (AvgIpc) is 3.37. The average molecular weight is 982 g/mol. The molecule has 0 spiro atoms. The summed E-state index contributed by atoms with van der Waals surface area (Å²) in [5.74, 6) is -0.993. The summed E-state index contributed by atoms with van der Waals surface area (Å²) < 4.78 is 16.8. The lowest BCUT2D eigenvalue weighted by Crippen LogP contribution is -2.30. The number of hydrogen-bond acceptors (Lipinski definition) is 6. The predicted octanol–water partition coefficient (Wildman–Crippen LogP) is 19.4. The van der Waals surface area contributed by atoms with E-state index in [1.54, 1.807) is 0 Å². The van der Waals surface area contributed by atoms with Gasteiger partial charge >= 0.3 is 17.9 Å². The van der Waals surface area contributed by atoms with E-state index < -0.39 is 6.10 Å². The Bertz CT molecular complexity index is 1550. The van der Waals surface area contributed by atoms with Gasteiger partial charge in [-0.1, -0.05) is 212 Å². The topological polar surface area (TPSA) is 78.9 Å². The smallest absolute Gasteiger partial charge is 0.306 e. The summed E-state index contributed by atoms with van der Waals surface area (Å²) in [7, 11) is 0. The monoisotopic (exact) mass is 981 g/mol. The normalized spacial score (nSPS) is 13.1. The van der Waals surface area contributed by atoms with Crippen LogP contribution in [-0.4, -0.2) is 37.2 Å². The molecule has 0 radical (unpaired) electrons. The third-order valence-corrected chi connectivity index (χ3v) is 11.6. The van der Waals surface area contributed by atoms with Gasteiger partial charge in [0.2, 0.25) is 0 Å². The van der Waals surface area contributed by atoms with Gasteiger partial charge in [-0.05, 0) is 141 Å². The lowest BCUT2D eigenvalue weighted by atomic mass is 10.1. The number of hydrogen-bond donors (Lipinski definition) is 0. The van der Waals surface area contributed by atoms with Crippen LogP contribution < -0.4 is 0 Å². The maximum absolute atomic E-state index is 12.9. The fraction of sp³-hybridized carbons (Fsp3) is 0.615. The maximum Gasteiger partial charge on any atom is 0.306 e. The van der Waals surface area contributed by atoms with Gasteiger partial charge in [0.15, 0.2) is 6.10 Å². The first-order valence-electron chi connectivity index (χ1n) is 28.7. The first-order chi connectivity index (χ1) is 35.0. The fourth-order valence-corrected chi connectivity index (χ4v) is 7.30. The Kier molecular flexibility index (Phi) is 54.5. The van der Waals surface area contributed by atoms with E-state index in [0.29, 0.717) is 12.8 Å². The largest absolute Gasteiger partial charge is 0.462 e. The van der Waals surface area contributed by atoms with Crippen LogP contribution in [0.25, 0.3) is 0 Å². The lowest BCUT2D eigenvalue weighted by molar-refractivity contribution is -0.167. The second kappa shape index (κ2) is 58.1. The summed E-state index contributed by atoms with van der Waals surface area (Å²) in [5.41, 5.74) is 0. The van der Waals surface area contributed by atoms with Gasteiger partial charge in [0.1, 0.15) is 13.2 Å². The first kappa shape index (κ1) is 66.6. The lowest BCUT2D eigenvalue weighted by Gasteiger charge is -2.18. The highest BCUT2D eigenvalue weighted by Crippen LogP contribution is 2.12. The molecule has 0 bridgehead atoms. The minimum atomic E-state index is -0.819. The highest BCUT2D eigenvalue weighted by Gasteiger charge is 2.19. The Morgan fingerprint density at radius 1 is 0.296 bits per heavy atom. The zero-order chi connectivity index (χ0) is 51.4. The second-order valence-electron chi connectivity index (χ2n) is 18.5. The molecule has 0 fully saturated rings. The second-order valence-corrected chi connectivity index (χ2v) is 18.5. The van der Waals surface area contributed by atoms with Crippen molar-refractivity contribution in [2.45, 2.75) is 245 Å². The van der Waals surface area contributed by atoms with Crippen molar-refractivity contribution in [2.75, 3.05) is 13.2 Å². The van der Waals surface area contributed by atoms with Crippen LogP contribution in [0.2, 0.25) is 0 Å². The molecule has 71 heavy (non-hydrogen) atoms. The van der Waals surface area contributed by atoms with E-state index >= 15 is 0 Å². The number of carbonyl (C=O) groups is 3. The van der Waals surface area contributed by atoms with Crippen molar-refractivity contribution in [3.05, 3.63) is 134 Å². The van der Waals surface area contributed by atoms with Crippen LogP contribution in [0.5, 0.6) is 0 Å². The quantitative estimate of drug-likeness (QED) is 0.0262. The summed E-state index contributed by atoms with van der Waals surface area (Å²) in [6.45, 7) is 6.39. The predicted molar refractivity (Wildman–Crippen MR) is 306 cm³/mol. The van der Waals surface area contributed by atoms with Crippen LogP contribution in [0.1, 0.15) is 239 Å². The van der Waals surface area contributed by atoms with E-state index in [9.17, 15) is 14.4 Å². The van der Waals surface area contributed by atoms with Crippen LogP contribution in [0.15, 0.2) is 134 Å². The zero-order valence-electron chi connectivity index (χ0n) is 45.7. The Morgan fingerprint density at radius 2 is 0.549 bits per heavy atom. The molecule has 0 saturated carbocycles. The minimum absolute atomic E-state index is 0.114. The number of unbranched alkanes of at least 4 members (excludes halogenated alkanes) is 17. The van der Waals surface area contributed by atoms with E-state index in [2.05, 4.69) is 154 Å². The van der Waals surface area contributed by atoms with Crippen LogP contribution in [0, 0.1) is 0 Å². The van der Waals surface area contributed by atoms with Crippen molar-refractivity contribution in [3.8, 4) is 0 Å². The number of allylic oxidation sites excluding steroid dienone is 22. The molecule has 0 aromatic carbocycles. The third-order valence-electron chi connectivity index (χ3n) is 11.6. The molecule has 0 aromatic heterocycles. The minimum Gasteiger partial charge on any atom is -0.462 e. The highest BCUT2D eigenvalue weighted by atomic mass is 16.6. The van der Waals surface area contributed by atoms with Crippen LogP contribution in [-0.2, 0) is 28.6 Å². The fourth-order valence-electron chi connectivity index (χ4n) is 7.30. The van der Waals surface area contributed by atoms with Crippen LogP contribution in [0.3, 0.4) is 0 Å². The highest BCUT2D eigenvalue weighted by molar-refractivity contribution is 5.71. The number of esters is 3. The summed E-state index contributed by atoms with van der Waals surface area (Å²) in [6, 6.07) is 0. The number of carbonyl (C=O) groups excluding carboxylic acids is 3. The Morgan fingerprint density at radius 3 is 0.859 bits per heavy atom. The maximum atomic E-state index is 12.9. The first-order valence-corrected chi connectivity index (χ1v) is 28.7.